The van der Waals surface area contributed by atoms with Gasteiger partial charge in [-0.25, -0.2) is 4.79 Å². The van der Waals surface area contributed by atoms with Crippen molar-refractivity contribution in [1.82, 2.24) is 0 Å². The number of rotatable bonds is 8. The summed E-state index contributed by atoms with van der Waals surface area (Å²) in [6, 6.07) is 10.9. The van der Waals surface area contributed by atoms with Crippen molar-refractivity contribution in [3.63, 3.8) is 0 Å². The van der Waals surface area contributed by atoms with Crippen LogP contribution in [0.2, 0.25) is 0 Å². The van der Waals surface area contributed by atoms with E-state index in [1.54, 1.807) is 36.5 Å². The van der Waals surface area contributed by atoms with E-state index in [9.17, 15) is 14.9 Å². The van der Waals surface area contributed by atoms with Gasteiger partial charge in [-0.2, -0.15) is 5.10 Å². The van der Waals surface area contributed by atoms with Crippen molar-refractivity contribution in [2.75, 3.05) is 26.3 Å². The molecule has 0 atom stereocenters. The Morgan fingerprint density at radius 3 is 2.54 bits per heavy atom. The molecular weight excluding hydrogens is 342 g/mol. The average molecular weight is 359 g/mol. The fourth-order valence-corrected chi connectivity index (χ4v) is 1.92. The lowest BCUT2D eigenvalue weighted by atomic mass is 10.2. The second-order valence-electron chi connectivity index (χ2n) is 4.95. The molecule has 0 saturated heterocycles. The number of carbonyl (C=O) groups is 1. The summed E-state index contributed by atoms with van der Waals surface area (Å²) in [7, 11) is 2.76. The Kier molecular flexibility index (Phi) is 6.49. The summed E-state index contributed by atoms with van der Waals surface area (Å²) in [5.41, 5.74) is 4.11. The molecular formula is C17H17N3O6. The summed E-state index contributed by atoms with van der Waals surface area (Å²) in [5.74, 6) is 0.344. The molecule has 2 rings (SSSR count). The largest absolute Gasteiger partial charge is 0.493 e. The first kappa shape index (κ1) is 18.7. The Balaban J connectivity index is 2.01. The molecule has 0 aliphatic heterocycles. The smallest absolute Gasteiger partial charge is 0.343 e. The number of nitrogens with one attached hydrogen (secondary N) is 1. The Labute approximate surface area is 149 Å². The van der Waals surface area contributed by atoms with Gasteiger partial charge in [-0.15, -0.1) is 0 Å². The fourth-order valence-electron chi connectivity index (χ4n) is 1.92. The number of hydrogen-bond donors (Lipinski definition) is 1. The molecule has 1 N–H and O–H groups in total. The molecule has 0 radical (unpaired) electrons. The van der Waals surface area contributed by atoms with Gasteiger partial charge in [-0.3, -0.25) is 15.5 Å². The van der Waals surface area contributed by atoms with Crippen molar-refractivity contribution in [2.45, 2.75) is 0 Å². The minimum absolute atomic E-state index is 0.00630. The molecule has 0 unspecified atom stereocenters. The molecule has 0 aliphatic carbocycles. The maximum Gasteiger partial charge on any atom is 0.343 e. The van der Waals surface area contributed by atoms with Crippen LogP contribution in [0, 0.1) is 10.1 Å². The van der Waals surface area contributed by atoms with E-state index in [0.717, 1.165) is 5.56 Å². The third-order valence-electron chi connectivity index (χ3n) is 3.25. The third-order valence-corrected chi connectivity index (χ3v) is 3.25. The van der Waals surface area contributed by atoms with Crippen LogP contribution in [0.4, 0.5) is 11.4 Å². The van der Waals surface area contributed by atoms with Gasteiger partial charge in [-0.1, -0.05) is 0 Å². The number of carbonyl (C=O) groups excluding carboxylic acids is 1. The molecule has 0 heterocycles. The van der Waals surface area contributed by atoms with Crippen molar-refractivity contribution in [3.05, 3.63) is 58.1 Å². The predicted octanol–water partition coefficient (Wildman–Crippen LogP) is 2.60. The number of nitro groups is 1. The molecule has 0 saturated carbocycles. The highest BCUT2D eigenvalue weighted by molar-refractivity contribution is 5.81. The highest BCUT2D eigenvalue weighted by Crippen LogP contribution is 2.27. The highest BCUT2D eigenvalue weighted by atomic mass is 16.6. The molecule has 9 nitrogen and oxygen atoms in total. The van der Waals surface area contributed by atoms with E-state index in [4.69, 9.17) is 9.47 Å². The molecule has 136 valence electrons. The molecule has 2 aromatic rings. The number of hydrogen-bond acceptors (Lipinski definition) is 8. The van der Waals surface area contributed by atoms with E-state index in [-0.39, 0.29) is 12.3 Å². The van der Waals surface area contributed by atoms with Crippen LogP contribution in [0.5, 0.6) is 11.5 Å². The Morgan fingerprint density at radius 1 is 1.19 bits per heavy atom. The van der Waals surface area contributed by atoms with Crippen LogP contribution in [-0.2, 0) is 9.53 Å². The molecule has 2 aromatic carbocycles. The van der Waals surface area contributed by atoms with Crippen LogP contribution in [-0.4, -0.2) is 37.9 Å². The van der Waals surface area contributed by atoms with E-state index < -0.39 is 10.9 Å². The number of methoxy groups -OCH3 is 2. The SMILES string of the molecule is COC(=O)COc1ccc(/C=N/Nc2ccc([N+](=O)[O-])cc2)cc1OC. The number of anilines is 1. The van der Waals surface area contributed by atoms with Crippen LogP contribution in [0.15, 0.2) is 47.6 Å². The molecule has 0 spiro atoms. The van der Waals surface area contributed by atoms with Gasteiger partial charge in [0.2, 0.25) is 0 Å². The maximum atomic E-state index is 11.1. The second kappa shape index (κ2) is 9.02. The molecule has 0 aliphatic rings. The fraction of sp³-hybridized carbons (Fsp3) is 0.176. The van der Waals surface area contributed by atoms with Crippen molar-refractivity contribution < 1.29 is 23.9 Å². The van der Waals surface area contributed by atoms with Crippen LogP contribution in [0.25, 0.3) is 0 Å². The predicted molar refractivity (Wildman–Crippen MR) is 94.8 cm³/mol. The number of nitro benzene ring substituents is 1. The van der Waals surface area contributed by atoms with Gasteiger partial charge >= 0.3 is 5.97 Å². The second-order valence-corrected chi connectivity index (χ2v) is 4.95. The zero-order valence-electron chi connectivity index (χ0n) is 14.2. The van der Waals surface area contributed by atoms with Crippen LogP contribution in [0.3, 0.4) is 0 Å². The first-order chi connectivity index (χ1) is 12.5. The monoisotopic (exact) mass is 359 g/mol. The molecule has 9 heteroatoms. The summed E-state index contributed by atoms with van der Waals surface area (Å²) in [6.45, 7) is -0.220. The first-order valence-corrected chi connectivity index (χ1v) is 7.44. The van der Waals surface area contributed by atoms with E-state index in [2.05, 4.69) is 15.3 Å². The van der Waals surface area contributed by atoms with E-state index in [1.807, 2.05) is 0 Å². The number of esters is 1. The van der Waals surface area contributed by atoms with E-state index in [1.165, 1.54) is 26.4 Å². The number of non-ortho nitro benzene ring substituents is 1. The standard InChI is InChI=1S/C17H17N3O6/c1-24-16-9-12(3-8-15(16)26-11-17(21)25-2)10-18-19-13-4-6-14(7-5-13)20(22)23/h3-10,19H,11H2,1-2H3/b18-10+. The van der Waals surface area contributed by atoms with Gasteiger partial charge in [-0.05, 0) is 35.9 Å². The Hall–Kier alpha value is -3.62. The van der Waals surface area contributed by atoms with E-state index >= 15 is 0 Å². The number of hydrazone groups is 1. The average Bonchev–Trinajstić information content (AvgIpc) is 2.66. The van der Waals surface area contributed by atoms with Gasteiger partial charge in [0.05, 0.1) is 31.0 Å². The summed E-state index contributed by atoms with van der Waals surface area (Å²) < 4.78 is 15.1. The van der Waals surface area contributed by atoms with Gasteiger partial charge in [0, 0.05) is 12.1 Å². The third kappa shape index (κ3) is 5.20. The lowest BCUT2D eigenvalue weighted by Gasteiger charge is -2.10. The highest BCUT2D eigenvalue weighted by Gasteiger charge is 2.08. The topological polar surface area (TPSA) is 112 Å². The minimum Gasteiger partial charge on any atom is -0.493 e. The maximum absolute atomic E-state index is 11.1. The van der Waals surface area contributed by atoms with Crippen molar-refractivity contribution in [3.8, 4) is 11.5 Å². The molecule has 0 aromatic heterocycles. The first-order valence-electron chi connectivity index (χ1n) is 7.44. The summed E-state index contributed by atoms with van der Waals surface area (Å²) in [6.07, 6.45) is 1.55. The van der Waals surface area contributed by atoms with Crippen molar-refractivity contribution in [1.29, 1.82) is 0 Å². The number of benzene rings is 2. The van der Waals surface area contributed by atoms with Gasteiger partial charge in [0.15, 0.2) is 18.1 Å². The lowest BCUT2D eigenvalue weighted by molar-refractivity contribution is -0.384. The molecule has 0 amide bonds. The van der Waals surface area contributed by atoms with Crippen LogP contribution in [0.1, 0.15) is 5.56 Å². The van der Waals surface area contributed by atoms with Crippen LogP contribution < -0.4 is 14.9 Å². The van der Waals surface area contributed by atoms with Crippen LogP contribution >= 0.6 is 0 Å². The number of ether oxygens (including phenoxy) is 3. The summed E-state index contributed by atoms with van der Waals surface area (Å²) in [5, 5.41) is 14.7. The van der Waals surface area contributed by atoms with Gasteiger partial charge < -0.3 is 14.2 Å². The minimum atomic E-state index is -0.495. The van der Waals surface area contributed by atoms with Gasteiger partial charge in [0.1, 0.15) is 0 Å². The Bertz CT molecular complexity index is 805. The Morgan fingerprint density at radius 2 is 1.92 bits per heavy atom. The quantitative estimate of drug-likeness (QED) is 0.334. The van der Waals surface area contributed by atoms with E-state index in [0.29, 0.717) is 17.2 Å². The van der Waals surface area contributed by atoms with Gasteiger partial charge in [0.25, 0.3) is 5.69 Å². The molecule has 0 bridgehead atoms. The number of nitrogens with zero attached hydrogens (tertiary/aromatic N) is 2. The van der Waals surface area contributed by atoms with Crippen molar-refractivity contribution >= 4 is 23.6 Å². The van der Waals surface area contributed by atoms with Crippen molar-refractivity contribution in [2.24, 2.45) is 5.10 Å². The normalized spacial score (nSPS) is 10.4. The zero-order chi connectivity index (χ0) is 18.9. The zero-order valence-corrected chi connectivity index (χ0v) is 14.2. The molecule has 0 fully saturated rings. The molecule has 26 heavy (non-hydrogen) atoms. The lowest BCUT2D eigenvalue weighted by Crippen LogP contribution is -2.13. The summed E-state index contributed by atoms with van der Waals surface area (Å²) in [4.78, 5) is 21.3. The summed E-state index contributed by atoms with van der Waals surface area (Å²) >= 11 is 0.